The first-order valence-electron chi connectivity index (χ1n) is 4.45. The van der Waals surface area contributed by atoms with Gasteiger partial charge in [-0.15, -0.1) is 0 Å². The molecule has 0 saturated heterocycles. The summed E-state index contributed by atoms with van der Waals surface area (Å²) in [6.45, 7) is 1.88. The Labute approximate surface area is 89.0 Å². The van der Waals surface area contributed by atoms with Gasteiger partial charge in [0.05, 0.1) is 11.8 Å². The maximum atomic E-state index is 11.4. The summed E-state index contributed by atoms with van der Waals surface area (Å²) < 4.78 is 25.8. The molecule has 0 amide bonds. The lowest BCUT2D eigenvalue weighted by atomic mass is 10.1. The van der Waals surface area contributed by atoms with Crippen LogP contribution in [-0.4, -0.2) is 20.6 Å². The van der Waals surface area contributed by atoms with Crippen LogP contribution in [0.2, 0.25) is 0 Å². The highest BCUT2D eigenvalue weighted by atomic mass is 32.2. The molecule has 1 aromatic rings. The summed E-state index contributed by atoms with van der Waals surface area (Å²) in [4.78, 5) is 11.4. The molecule has 4 nitrogen and oxygen atoms in total. The Morgan fingerprint density at radius 3 is 2.47 bits per heavy atom. The number of rotatable bonds is 3. The zero-order chi connectivity index (χ0) is 11.5. The smallest absolute Gasteiger partial charge is 0.341 e. The van der Waals surface area contributed by atoms with Crippen LogP contribution in [0, 0.1) is 0 Å². The van der Waals surface area contributed by atoms with Gasteiger partial charge >= 0.3 is 16.1 Å². The van der Waals surface area contributed by atoms with Crippen LogP contribution in [0.3, 0.4) is 0 Å². The summed E-state index contributed by atoms with van der Waals surface area (Å²) in [5.41, 5.74) is 1.07. The molecule has 0 aliphatic rings. The van der Waals surface area contributed by atoms with Crippen LogP contribution in [0.4, 0.5) is 0 Å². The van der Waals surface area contributed by atoms with Gasteiger partial charge in [0.25, 0.3) is 0 Å². The average molecular weight is 228 g/mol. The van der Waals surface area contributed by atoms with Crippen molar-refractivity contribution in [3.63, 3.8) is 0 Å². The van der Waals surface area contributed by atoms with Gasteiger partial charge in [-0.1, -0.05) is 25.1 Å². The van der Waals surface area contributed by atoms with Gasteiger partial charge in [0.15, 0.2) is 0 Å². The molecule has 0 N–H and O–H groups in total. The van der Waals surface area contributed by atoms with E-state index in [2.05, 4.69) is 4.18 Å². The second-order valence-corrected chi connectivity index (χ2v) is 4.66. The van der Waals surface area contributed by atoms with E-state index in [1.165, 1.54) is 0 Å². The van der Waals surface area contributed by atoms with E-state index in [9.17, 15) is 13.2 Å². The fraction of sp³-hybridized carbons (Fsp3) is 0.300. The molecule has 0 spiro atoms. The Kier molecular flexibility index (Phi) is 3.47. The molecule has 0 fully saturated rings. The lowest BCUT2D eigenvalue weighted by Crippen LogP contribution is -2.13. The number of aryl methyl sites for hydroxylation is 1. The highest BCUT2D eigenvalue weighted by Gasteiger charge is 2.15. The van der Waals surface area contributed by atoms with Crippen molar-refractivity contribution in [3.8, 4) is 0 Å². The summed E-state index contributed by atoms with van der Waals surface area (Å²) >= 11 is 0. The van der Waals surface area contributed by atoms with Crippen molar-refractivity contribution in [2.24, 2.45) is 0 Å². The lowest BCUT2D eigenvalue weighted by molar-refractivity contribution is 0.0747. The first kappa shape index (κ1) is 11.7. The molecule has 0 heterocycles. The monoisotopic (exact) mass is 228 g/mol. The zero-order valence-corrected chi connectivity index (χ0v) is 9.37. The second-order valence-electron chi connectivity index (χ2n) is 3.09. The van der Waals surface area contributed by atoms with E-state index in [1.54, 1.807) is 24.3 Å². The molecular weight excluding hydrogens is 216 g/mol. The van der Waals surface area contributed by atoms with Crippen molar-refractivity contribution >= 4 is 16.1 Å². The van der Waals surface area contributed by atoms with Gasteiger partial charge in [0.2, 0.25) is 0 Å². The number of hydrogen-bond donors (Lipinski definition) is 0. The van der Waals surface area contributed by atoms with Crippen molar-refractivity contribution in [2.45, 2.75) is 13.3 Å². The molecule has 0 aromatic heterocycles. The van der Waals surface area contributed by atoms with Gasteiger partial charge in [-0.05, 0) is 18.1 Å². The third kappa shape index (κ3) is 3.36. The zero-order valence-electron chi connectivity index (χ0n) is 8.56. The maximum Gasteiger partial charge on any atom is 0.354 e. The van der Waals surface area contributed by atoms with Gasteiger partial charge in [-0.25, -0.2) is 4.79 Å². The fourth-order valence-electron chi connectivity index (χ4n) is 1.21. The molecule has 0 bridgehead atoms. The maximum absolute atomic E-state index is 11.4. The summed E-state index contributed by atoms with van der Waals surface area (Å²) in [5.74, 6) is -0.824. The van der Waals surface area contributed by atoms with Crippen LogP contribution in [0.15, 0.2) is 24.3 Å². The highest BCUT2D eigenvalue weighted by Crippen LogP contribution is 2.11. The molecule has 0 saturated carbocycles. The molecule has 0 unspecified atom stereocenters. The highest BCUT2D eigenvalue weighted by molar-refractivity contribution is 7.86. The van der Waals surface area contributed by atoms with Gasteiger partial charge in [0.1, 0.15) is 0 Å². The summed E-state index contributed by atoms with van der Waals surface area (Å²) in [7, 11) is -3.75. The van der Waals surface area contributed by atoms with Crippen LogP contribution in [0.5, 0.6) is 0 Å². The Hall–Kier alpha value is -1.36. The van der Waals surface area contributed by atoms with Crippen LogP contribution in [0.25, 0.3) is 0 Å². The predicted octanol–water partition coefficient (Wildman–Crippen LogP) is 1.37. The Morgan fingerprint density at radius 2 is 1.93 bits per heavy atom. The minimum Gasteiger partial charge on any atom is -0.341 e. The van der Waals surface area contributed by atoms with Crippen LogP contribution < -0.4 is 0 Å². The Bertz CT molecular complexity index is 462. The number of hydrogen-bond acceptors (Lipinski definition) is 4. The number of benzene rings is 1. The molecule has 1 aromatic carbocycles. The van der Waals surface area contributed by atoms with Crippen LogP contribution in [-0.2, 0) is 20.7 Å². The molecule has 0 aliphatic heterocycles. The van der Waals surface area contributed by atoms with Gasteiger partial charge in [-0.3, -0.25) is 0 Å². The third-order valence-corrected chi connectivity index (χ3v) is 2.30. The van der Waals surface area contributed by atoms with Crippen LogP contribution in [0.1, 0.15) is 22.8 Å². The molecule has 82 valence electrons. The topological polar surface area (TPSA) is 60.4 Å². The molecule has 0 aliphatic carbocycles. The van der Waals surface area contributed by atoms with Crippen molar-refractivity contribution in [3.05, 3.63) is 35.4 Å². The van der Waals surface area contributed by atoms with Gasteiger partial charge < -0.3 is 4.18 Å². The molecule has 1 rings (SSSR count). The molecular formula is C10H12O4S. The number of carbonyl (C=O) groups excluding carboxylic acids is 1. The minimum absolute atomic E-state index is 0.297. The van der Waals surface area contributed by atoms with E-state index < -0.39 is 16.1 Å². The van der Waals surface area contributed by atoms with Crippen molar-refractivity contribution < 1.29 is 17.4 Å². The van der Waals surface area contributed by atoms with E-state index in [4.69, 9.17) is 0 Å². The van der Waals surface area contributed by atoms with Crippen molar-refractivity contribution in [2.75, 3.05) is 6.26 Å². The first-order chi connectivity index (χ1) is 6.94. The van der Waals surface area contributed by atoms with Gasteiger partial charge in [0, 0.05) is 0 Å². The predicted molar refractivity (Wildman–Crippen MR) is 56.1 cm³/mol. The van der Waals surface area contributed by atoms with E-state index >= 15 is 0 Å². The van der Waals surface area contributed by atoms with E-state index in [-0.39, 0.29) is 0 Å². The van der Waals surface area contributed by atoms with E-state index in [0.717, 1.165) is 11.8 Å². The van der Waals surface area contributed by atoms with E-state index in [0.29, 0.717) is 12.0 Å². The lowest BCUT2D eigenvalue weighted by Gasteiger charge is -2.05. The minimum atomic E-state index is -3.75. The number of carbonyl (C=O) groups is 1. The van der Waals surface area contributed by atoms with Gasteiger partial charge in [-0.2, -0.15) is 8.42 Å². The quantitative estimate of drug-likeness (QED) is 0.733. The normalized spacial score (nSPS) is 11.1. The second kappa shape index (κ2) is 4.44. The molecule has 15 heavy (non-hydrogen) atoms. The Morgan fingerprint density at radius 1 is 1.33 bits per heavy atom. The Balaban J connectivity index is 3.01. The fourth-order valence-corrected chi connectivity index (χ4v) is 1.57. The SMILES string of the molecule is CCc1ccccc1C(=O)OS(C)(=O)=O. The average Bonchev–Trinajstić information content (AvgIpc) is 2.15. The molecule has 0 radical (unpaired) electrons. The molecule has 5 heteroatoms. The standard InChI is InChI=1S/C10H12O4S/c1-3-8-6-4-5-7-9(8)10(11)14-15(2,12)13/h4-7H,3H2,1-2H3. The summed E-state index contributed by atoms with van der Waals surface area (Å²) in [6, 6.07) is 6.76. The van der Waals surface area contributed by atoms with E-state index in [1.807, 2.05) is 6.92 Å². The largest absolute Gasteiger partial charge is 0.354 e. The third-order valence-electron chi connectivity index (χ3n) is 1.85. The molecule has 0 atom stereocenters. The van der Waals surface area contributed by atoms with Crippen molar-refractivity contribution in [1.29, 1.82) is 0 Å². The summed E-state index contributed by atoms with van der Waals surface area (Å²) in [6.07, 6.45) is 1.49. The first-order valence-corrected chi connectivity index (χ1v) is 6.27. The van der Waals surface area contributed by atoms with Crippen LogP contribution >= 0.6 is 0 Å². The summed E-state index contributed by atoms with van der Waals surface area (Å²) in [5, 5.41) is 0. The van der Waals surface area contributed by atoms with Crippen molar-refractivity contribution in [1.82, 2.24) is 0 Å².